The zero-order valence-electron chi connectivity index (χ0n) is 12.8. The molecular formula is C18H24FNS. The minimum atomic E-state index is -0.161. The van der Waals surface area contributed by atoms with E-state index in [2.05, 4.69) is 36.7 Å². The quantitative estimate of drug-likeness (QED) is 0.755. The topological polar surface area (TPSA) is 12.0 Å². The summed E-state index contributed by atoms with van der Waals surface area (Å²) in [7, 11) is 0. The molecule has 0 aliphatic carbocycles. The van der Waals surface area contributed by atoms with Crippen molar-refractivity contribution in [2.75, 3.05) is 13.1 Å². The van der Waals surface area contributed by atoms with Gasteiger partial charge in [-0.15, -0.1) is 11.3 Å². The van der Waals surface area contributed by atoms with E-state index in [1.165, 1.54) is 10.4 Å². The van der Waals surface area contributed by atoms with E-state index < -0.39 is 0 Å². The highest BCUT2D eigenvalue weighted by molar-refractivity contribution is 7.09. The van der Waals surface area contributed by atoms with E-state index >= 15 is 0 Å². The van der Waals surface area contributed by atoms with E-state index in [4.69, 9.17) is 0 Å². The van der Waals surface area contributed by atoms with Crippen LogP contribution in [0.3, 0.4) is 0 Å². The normalized spacial score (nSPS) is 12.8. The fourth-order valence-corrected chi connectivity index (χ4v) is 3.28. The van der Waals surface area contributed by atoms with Gasteiger partial charge in [0.1, 0.15) is 5.82 Å². The Kier molecular flexibility index (Phi) is 6.40. The van der Waals surface area contributed by atoms with Crippen LogP contribution in [0.1, 0.15) is 24.3 Å². The number of rotatable bonds is 8. The second-order valence-electron chi connectivity index (χ2n) is 6.03. The minimum absolute atomic E-state index is 0.161. The molecule has 0 amide bonds. The largest absolute Gasteiger partial charge is 0.316 e. The Morgan fingerprint density at radius 1 is 1.05 bits per heavy atom. The molecule has 3 heteroatoms. The molecule has 114 valence electrons. The zero-order valence-corrected chi connectivity index (χ0v) is 13.6. The number of halogens is 1. The van der Waals surface area contributed by atoms with Crippen LogP contribution >= 0.6 is 11.3 Å². The van der Waals surface area contributed by atoms with Gasteiger partial charge in [0, 0.05) is 4.88 Å². The number of nitrogens with one attached hydrogen (secondary N) is 1. The Morgan fingerprint density at radius 2 is 1.81 bits per heavy atom. The molecule has 1 aromatic carbocycles. The van der Waals surface area contributed by atoms with Crippen molar-refractivity contribution >= 4 is 11.3 Å². The Morgan fingerprint density at radius 3 is 2.43 bits per heavy atom. The second-order valence-corrected chi connectivity index (χ2v) is 7.06. The highest BCUT2D eigenvalue weighted by Gasteiger charge is 2.12. The first kappa shape index (κ1) is 16.2. The summed E-state index contributed by atoms with van der Waals surface area (Å²) in [6.07, 6.45) is 2.07. The van der Waals surface area contributed by atoms with Crippen LogP contribution in [0.5, 0.6) is 0 Å². The van der Waals surface area contributed by atoms with Gasteiger partial charge in [0.2, 0.25) is 0 Å². The fourth-order valence-electron chi connectivity index (χ4n) is 2.46. The maximum absolute atomic E-state index is 13.0. The van der Waals surface area contributed by atoms with Crippen molar-refractivity contribution < 1.29 is 4.39 Å². The van der Waals surface area contributed by atoms with Crippen LogP contribution in [0.25, 0.3) is 0 Å². The standard InChI is InChI=1S/C18H24FNS/c1-14(2)12-20-13-16(11-18-4-3-9-21-18)10-15-5-7-17(19)8-6-15/h3-9,14,16,20H,10-13H2,1-2H3. The highest BCUT2D eigenvalue weighted by atomic mass is 32.1. The summed E-state index contributed by atoms with van der Waals surface area (Å²) in [5.41, 5.74) is 1.21. The van der Waals surface area contributed by atoms with Crippen LogP contribution in [0, 0.1) is 17.7 Å². The molecule has 1 aromatic heterocycles. The number of hydrogen-bond donors (Lipinski definition) is 1. The van der Waals surface area contributed by atoms with E-state index in [0.717, 1.165) is 25.9 Å². The van der Waals surface area contributed by atoms with Gasteiger partial charge < -0.3 is 5.32 Å². The lowest BCUT2D eigenvalue weighted by Crippen LogP contribution is -2.28. The van der Waals surface area contributed by atoms with Crippen molar-refractivity contribution in [2.24, 2.45) is 11.8 Å². The number of thiophene rings is 1. The predicted octanol–water partition coefficient (Wildman–Crippen LogP) is 4.53. The molecule has 0 saturated heterocycles. The van der Waals surface area contributed by atoms with Gasteiger partial charge in [0.15, 0.2) is 0 Å². The molecule has 1 N–H and O–H groups in total. The van der Waals surface area contributed by atoms with Gasteiger partial charge in [-0.1, -0.05) is 32.0 Å². The molecule has 0 saturated carbocycles. The van der Waals surface area contributed by atoms with E-state index in [1.807, 2.05) is 23.5 Å². The molecule has 21 heavy (non-hydrogen) atoms. The predicted molar refractivity (Wildman–Crippen MR) is 89.3 cm³/mol. The molecule has 2 aromatic rings. The maximum Gasteiger partial charge on any atom is 0.123 e. The first-order chi connectivity index (χ1) is 10.1. The van der Waals surface area contributed by atoms with Gasteiger partial charge >= 0.3 is 0 Å². The fraction of sp³-hybridized carbons (Fsp3) is 0.444. The summed E-state index contributed by atoms with van der Waals surface area (Å²) in [6, 6.07) is 11.2. The minimum Gasteiger partial charge on any atom is -0.316 e. The molecule has 1 unspecified atom stereocenters. The third-order valence-electron chi connectivity index (χ3n) is 3.49. The Bertz CT molecular complexity index is 505. The summed E-state index contributed by atoms with van der Waals surface area (Å²) < 4.78 is 13.0. The van der Waals surface area contributed by atoms with Crippen molar-refractivity contribution in [3.8, 4) is 0 Å². The SMILES string of the molecule is CC(C)CNCC(Cc1ccc(F)cc1)Cc1cccs1. The van der Waals surface area contributed by atoms with Crippen LogP contribution in [-0.4, -0.2) is 13.1 Å². The Balaban J connectivity index is 1.95. The smallest absolute Gasteiger partial charge is 0.123 e. The molecular weight excluding hydrogens is 281 g/mol. The van der Waals surface area contributed by atoms with Gasteiger partial charge in [0.25, 0.3) is 0 Å². The van der Waals surface area contributed by atoms with Crippen molar-refractivity contribution in [2.45, 2.75) is 26.7 Å². The molecule has 0 fully saturated rings. The summed E-state index contributed by atoms with van der Waals surface area (Å²) in [4.78, 5) is 1.42. The van der Waals surface area contributed by atoms with E-state index in [9.17, 15) is 4.39 Å². The average molecular weight is 305 g/mol. The molecule has 1 heterocycles. The summed E-state index contributed by atoms with van der Waals surface area (Å²) >= 11 is 1.82. The molecule has 1 atom stereocenters. The molecule has 0 bridgehead atoms. The van der Waals surface area contributed by atoms with Gasteiger partial charge in [-0.2, -0.15) is 0 Å². The third-order valence-corrected chi connectivity index (χ3v) is 4.39. The van der Waals surface area contributed by atoms with Crippen molar-refractivity contribution in [1.29, 1.82) is 0 Å². The monoisotopic (exact) mass is 305 g/mol. The van der Waals surface area contributed by atoms with E-state index in [-0.39, 0.29) is 5.82 Å². The molecule has 1 nitrogen and oxygen atoms in total. The van der Waals surface area contributed by atoms with Crippen molar-refractivity contribution in [3.05, 3.63) is 58.0 Å². The molecule has 2 rings (SSSR count). The summed E-state index contributed by atoms with van der Waals surface area (Å²) in [5.74, 6) is 1.05. The van der Waals surface area contributed by atoms with Gasteiger partial charge in [-0.25, -0.2) is 4.39 Å². The third kappa shape index (κ3) is 5.98. The van der Waals surface area contributed by atoms with Crippen LogP contribution in [0.2, 0.25) is 0 Å². The van der Waals surface area contributed by atoms with Crippen molar-refractivity contribution in [1.82, 2.24) is 5.32 Å². The zero-order chi connectivity index (χ0) is 15.1. The highest BCUT2D eigenvalue weighted by Crippen LogP contribution is 2.18. The second kappa shape index (κ2) is 8.30. The summed E-state index contributed by atoms with van der Waals surface area (Å²) in [6.45, 7) is 6.50. The first-order valence-electron chi connectivity index (χ1n) is 7.61. The van der Waals surface area contributed by atoms with Gasteiger partial charge in [-0.05, 0) is 66.9 Å². The molecule has 0 spiro atoms. The van der Waals surface area contributed by atoms with Crippen LogP contribution in [0.15, 0.2) is 41.8 Å². The van der Waals surface area contributed by atoms with Gasteiger partial charge in [-0.3, -0.25) is 0 Å². The van der Waals surface area contributed by atoms with Crippen LogP contribution in [0.4, 0.5) is 4.39 Å². The Hall–Kier alpha value is -1.19. The molecule has 0 radical (unpaired) electrons. The lowest BCUT2D eigenvalue weighted by Gasteiger charge is -2.18. The molecule has 0 aliphatic heterocycles. The molecule has 0 aliphatic rings. The summed E-state index contributed by atoms with van der Waals surface area (Å²) in [5, 5.41) is 5.69. The average Bonchev–Trinajstić information content (AvgIpc) is 2.94. The van der Waals surface area contributed by atoms with Crippen LogP contribution in [-0.2, 0) is 12.8 Å². The van der Waals surface area contributed by atoms with Gasteiger partial charge in [0.05, 0.1) is 0 Å². The number of hydrogen-bond acceptors (Lipinski definition) is 2. The number of benzene rings is 1. The van der Waals surface area contributed by atoms with E-state index in [1.54, 1.807) is 12.1 Å². The Labute approximate surface area is 131 Å². The maximum atomic E-state index is 13.0. The van der Waals surface area contributed by atoms with Crippen molar-refractivity contribution in [3.63, 3.8) is 0 Å². The lowest BCUT2D eigenvalue weighted by molar-refractivity contribution is 0.447. The first-order valence-corrected chi connectivity index (χ1v) is 8.49. The lowest BCUT2D eigenvalue weighted by atomic mass is 9.95. The van der Waals surface area contributed by atoms with E-state index in [0.29, 0.717) is 11.8 Å². The van der Waals surface area contributed by atoms with Crippen LogP contribution < -0.4 is 5.32 Å².